The first kappa shape index (κ1) is 25.8. The molecule has 0 atom stereocenters. The summed E-state index contributed by atoms with van der Waals surface area (Å²) in [4.78, 5) is 14.1. The van der Waals surface area contributed by atoms with Gasteiger partial charge in [-0.25, -0.2) is 4.79 Å². The van der Waals surface area contributed by atoms with Crippen LogP contribution in [0.1, 0.15) is 50.3 Å². The van der Waals surface area contributed by atoms with Gasteiger partial charge in [0.05, 0.1) is 12.8 Å². The molecular weight excluding hydrogens is 454 g/mol. The lowest BCUT2D eigenvalue weighted by molar-refractivity contribution is 0.0177. The first-order valence-corrected chi connectivity index (χ1v) is 12.6. The molecule has 1 aromatic heterocycles. The minimum absolute atomic E-state index is 0.0941. The molecule has 0 saturated carbocycles. The van der Waals surface area contributed by atoms with Gasteiger partial charge in [-0.1, -0.05) is 30.3 Å². The molecule has 2 aromatic carbocycles. The molecule has 1 aliphatic heterocycles. The van der Waals surface area contributed by atoms with Gasteiger partial charge in [0.1, 0.15) is 18.0 Å². The number of likely N-dealkylation sites (tertiary alicyclic amines) is 1. The zero-order valence-corrected chi connectivity index (χ0v) is 21.7. The fourth-order valence-electron chi connectivity index (χ4n) is 4.57. The van der Waals surface area contributed by atoms with Gasteiger partial charge in [0.2, 0.25) is 0 Å². The van der Waals surface area contributed by atoms with Crippen LogP contribution in [-0.4, -0.2) is 44.6 Å². The summed E-state index contributed by atoms with van der Waals surface area (Å²) in [5.74, 6) is 1.19. The van der Waals surface area contributed by atoms with Gasteiger partial charge in [0.25, 0.3) is 0 Å². The Morgan fingerprint density at radius 2 is 1.83 bits per heavy atom. The first-order chi connectivity index (χ1) is 17.2. The van der Waals surface area contributed by atoms with Crippen LogP contribution in [-0.2, 0) is 24.5 Å². The molecule has 3 aromatic rings. The third kappa shape index (κ3) is 6.66. The molecule has 2 heterocycles. The maximum absolute atomic E-state index is 12.3. The molecule has 4 rings (SSSR count). The fourth-order valence-corrected chi connectivity index (χ4v) is 4.57. The number of aliphatic hydroxyl groups is 1. The van der Waals surface area contributed by atoms with Crippen LogP contribution in [0.4, 0.5) is 4.79 Å². The highest BCUT2D eigenvalue weighted by atomic mass is 16.6. The number of rotatable bonds is 7. The van der Waals surface area contributed by atoms with Crippen molar-refractivity contribution in [3.63, 3.8) is 0 Å². The van der Waals surface area contributed by atoms with Gasteiger partial charge in [0.15, 0.2) is 0 Å². The van der Waals surface area contributed by atoms with Crippen molar-refractivity contribution in [2.24, 2.45) is 5.92 Å². The van der Waals surface area contributed by atoms with Crippen molar-refractivity contribution in [2.75, 3.05) is 13.1 Å². The average molecular weight is 492 g/mol. The summed E-state index contributed by atoms with van der Waals surface area (Å²) >= 11 is 0. The zero-order valence-electron chi connectivity index (χ0n) is 21.7. The van der Waals surface area contributed by atoms with Gasteiger partial charge >= 0.3 is 6.09 Å². The van der Waals surface area contributed by atoms with Crippen LogP contribution in [0.3, 0.4) is 0 Å². The van der Waals surface area contributed by atoms with Crippen LogP contribution in [0.15, 0.2) is 54.9 Å². The zero-order chi connectivity index (χ0) is 25.7. The molecule has 1 fully saturated rings. The van der Waals surface area contributed by atoms with Gasteiger partial charge in [-0.3, -0.25) is 4.68 Å². The molecule has 192 valence electrons. The normalized spacial score (nSPS) is 14.6. The second-order valence-electron chi connectivity index (χ2n) is 10.6. The van der Waals surface area contributed by atoms with E-state index in [-0.39, 0.29) is 12.7 Å². The number of ether oxygens (including phenoxy) is 2. The number of carbonyl (C=O) groups is 1. The maximum Gasteiger partial charge on any atom is 0.410 e. The van der Waals surface area contributed by atoms with Crippen molar-refractivity contribution >= 4 is 6.09 Å². The Kier molecular flexibility index (Phi) is 7.99. The van der Waals surface area contributed by atoms with E-state index in [9.17, 15) is 9.90 Å². The van der Waals surface area contributed by atoms with Crippen LogP contribution in [0.5, 0.6) is 5.75 Å². The van der Waals surface area contributed by atoms with Crippen molar-refractivity contribution in [3.05, 3.63) is 71.5 Å². The van der Waals surface area contributed by atoms with Crippen molar-refractivity contribution in [1.82, 2.24) is 14.7 Å². The van der Waals surface area contributed by atoms with E-state index >= 15 is 0 Å². The van der Waals surface area contributed by atoms with Crippen LogP contribution in [0.2, 0.25) is 0 Å². The first-order valence-electron chi connectivity index (χ1n) is 12.6. The Bertz CT molecular complexity index is 1160. The molecule has 1 N–H and O–H groups in total. The number of aliphatic hydroxyl groups excluding tert-OH is 1. The lowest BCUT2D eigenvalue weighted by Gasteiger charge is -2.33. The summed E-state index contributed by atoms with van der Waals surface area (Å²) in [6, 6.07) is 14.1. The number of nitrogens with zero attached hydrogens (tertiary/aromatic N) is 3. The maximum atomic E-state index is 12.3. The van der Waals surface area contributed by atoms with E-state index < -0.39 is 5.60 Å². The van der Waals surface area contributed by atoms with E-state index in [0.29, 0.717) is 25.6 Å². The van der Waals surface area contributed by atoms with Gasteiger partial charge < -0.3 is 19.5 Å². The van der Waals surface area contributed by atoms with Crippen LogP contribution in [0, 0.1) is 12.8 Å². The van der Waals surface area contributed by atoms with Gasteiger partial charge in [-0.2, -0.15) is 5.10 Å². The van der Waals surface area contributed by atoms with E-state index in [1.807, 2.05) is 75.0 Å². The number of aromatic nitrogens is 2. The molecular formula is C29H37N3O4. The number of amides is 1. The molecule has 36 heavy (non-hydrogen) atoms. The highest BCUT2D eigenvalue weighted by molar-refractivity contribution is 5.68. The van der Waals surface area contributed by atoms with Crippen molar-refractivity contribution in [1.29, 1.82) is 0 Å². The van der Waals surface area contributed by atoms with Crippen LogP contribution < -0.4 is 4.74 Å². The van der Waals surface area contributed by atoms with Crippen molar-refractivity contribution < 1.29 is 19.4 Å². The van der Waals surface area contributed by atoms with Crippen molar-refractivity contribution in [3.8, 4) is 16.9 Å². The quantitative estimate of drug-likeness (QED) is 0.467. The largest absolute Gasteiger partial charge is 0.488 e. The fraction of sp³-hybridized carbons (Fsp3) is 0.448. The van der Waals surface area contributed by atoms with Crippen LogP contribution in [0.25, 0.3) is 11.1 Å². The second-order valence-corrected chi connectivity index (χ2v) is 10.6. The molecule has 1 aliphatic rings. The molecule has 0 bridgehead atoms. The number of carbonyl (C=O) groups excluding carboxylic acids is 1. The van der Waals surface area contributed by atoms with E-state index in [0.717, 1.165) is 53.0 Å². The lowest BCUT2D eigenvalue weighted by Crippen LogP contribution is -2.42. The highest BCUT2D eigenvalue weighted by Crippen LogP contribution is 2.32. The SMILES string of the molecule is Cc1cc(-c2cnn(CC3CCN(C(=O)OC(C)(C)C)CC3)c2)cc(CO)c1OCc1ccccc1. The summed E-state index contributed by atoms with van der Waals surface area (Å²) in [5.41, 5.74) is 4.38. The second kappa shape index (κ2) is 11.2. The molecule has 0 unspecified atom stereocenters. The number of aryl methyl sites for hydroxylation is 1. The number of piperidine rings is 1. The molecule has 7 nitrogen and oxygen atoms in total. The topological polar surface area (TPSA) is 76.8 Å². The summed E-state index contributed by atoms with van der Waals surface area (Å²) in [6.45, 7) is 10.3. The third-order valence-electron chi connectivity index (χ3n) is 6.43. The summed E-state index contributed by atoms with van der Waals surface area (Å²) in [6.07, 6.45) is 5.55. The molecule has 7 heteroatoms. The molecule has 0 aliphatic carbocycles. The smallest absolute Gasteiger partial charge is 0.410 e. The minimum Gasteiger partial charge on any atom is -0.488 e. The lowest BCUT2D eigenvalue weighted by atomic mass is 9.97. The predicted octanol–water partition coefficient (Wildman–Crippen LogP) is 5.58. The van der Waals surface area contributed by atoms with E-state index in [2.05, 4.69) is 17.4 Å². The van der Waals surface area contributed by atoms with Gasteiger partial charge in [-0.15, -0.1) is 0 Å². The number of hydrogen-bond acceptors (Lipinski definition) is 5. The third-order valence-corrected chi connectivity index (χ3v) is 6.43. The van der Waals surface area contributed by atoms with Crippen molar-refractivity contribution in [2.45, 2.75) is 65.9 Å². The summed E-state index contributed by atoms with van der Waals surface area (Å²) in [5, 5.41) is 14.6. The molecule has 0 spiro atoms. The average Bonchev–Trinajstić information content (AvgIpc) is 3.31. The predicted molar refractivity (Wildman–Crippen MR) is 140 cm³/mol. The van der Waals surface area contributed by atoms with E-state index in [1.54, 1.807) is 4.90 Å². The minimum atomic E-state index is -0.472. The Labute approximate surface area is 213 Å². The van der Waals surface area contributed by atoms with Gasteiger partial charge in [0, 0.05) is 37.0 Å². The van der Waals surface area contributed by atoms with E-state index in [1.165, 1.54) is 0 Å². The Morgan fingerprint density at radius 3 is 2.50 bits per heavy atom. The summed E-state index contributed by atoms with van der Waals surface area (Å²) < 4.78 is 13.6. The highest BCUT2D eigenvalue weighted by Gasteiger charge is 2.27. The van der Waals surface area contributed by atoms with Gasteiger partial charge in [-0.05, 0) is 75.3 Å². The monoisotopic (exact) mass is 491 g/mol. The standard InChI is InChI=1S/C29H37N3O4/c1-21-14-24(15-25(19-33)27(21)35-20-23-8-6-5-7-9-23)26-16-30-32(18-26)17-22-10-12-31(13-11-22)28(34)36-29(2,3)4/h5-9,14-16,18,22,33H,10-13,17,19-20H2,1-4H3. The van der Waals surface area contributed by atoms with Crippen LogP contribution >= 0.6 is 0 Å². The Morgan fingerprint density at radius 1 is 1.11 bits per heavy atom. The van der Waals surface area contributed by atoms with E-state index in [4.69, 9.17) is 9.47 Å². The summed E-state index contributed by atoms with van der Waals surface area (Å²) in [7, 11) is 0. The molecule has 0 radical (unpaired) electrons. The molecule has 1 saturated heterocycles. The number of benzene rings is 2. The number of hydrogen-bond donors (Lipinski definition) is 1. The Hall–Kier alpha value is -3.32. The molecule has 1 amide bonds. The Balaban J connectivity index is 1.37.